The molecule has 5 amide bonds. The minimum Gasteiger partial charge on any atom is -0.475 e. The molecule has 1 saturated heterocycles. The molecule has 2 atom stereocenters. The number of nitrogens with zero attached hydrogens (tertiary/aromatic N) is 5. The van der Waals surface area contributed by atoms with Crippen LogP contribution in [0.2, 0.25) is 0 Å². The summed E-state index contributed by atoms with van der Waals surface area (Å²) < 4.78 is 37.1. The number of anilines is 1. The number of carboxylic acids is 1. The zero-order valence-corrected chi connectivity index (χ0v) is 36.1. The van der Waals surface area contributed by atoms with E-state index in [0.717, 1.165) is 35.1 Å². The van der Waals surface area contributed by atoms with E-state index in [9.17, 15) is 42.3 Å². The zero-order valence-electron chi connectivity index (χ0n) is 36.1. The Morgan fingerprint density at radius 1 is 0.892 bits per heavy atom. The molecule has 0 radical (unpaired) electrons. The fourth-order valence-electron chi connectivity index (χ4n) is 7.25. The first-order chi connectivity index (χ1) is 30.6. The summed E-state index contributed by atoms with van der Waals surface area (Å²) in [5.74, 6) is -3.32. The lowest BCUT2D eigenvalue weighted by Crippen LogP contribution is -2.48. The van der Waals surface area contributed by atoms with Crippen LogP contribution in [0, 0.1) is 18.8 Å². The predicted molar refractivity (Wildman–Crippen MR) is 227 cm³/mol. The van der Waals surface area contributed by atoms with E-state index in [1.807, 2.05) is 58.0 Å². The standard InChI is InChI=1S/C41H50N10O7.C2HF3O2/c1-24-32(17-18-33(43-24)37(53)45-31-19-20-51(23-31)40(56)57)27-9-5-25(6-10-27)21-34(38(54)44-30-15-13-28(14-16-30)35-47-49-50-48-35)46-36(52)29-11-7-26(8-12-29)22-42-39(55)58-41(2,3)4;3-2(4,5)1(6)7/h5-6,9-10,13-18,26,29,31,34H,7-8,11-12,19-23H2,1-4H3,(H,42,55)(H,44,54)(H,45,53)(H,46,52)(H,56,57)(H,47,48,49,50);(H,6,7)/t26?,29?,31-,34-;/m0./s1. The fraction of sp³-hybridized carbons (Fsp3) is 0.442. The Morgan fingerprint density at radius 3 is 2.09 bits per heavy atom. The summed E-state index contributed by atoms with van der Waals surface area (Å²) in [4.78, 5) is 78.5. The van der Waals surface area contributed by atoms with Crippen LogP contribution >= 0.6 is 0 Å². The predicted octanol–water partition coefficient (Wildman–Crippen LogP) is 5.35. The van der Waals surface area contributed by atoms with Crippen LogP contribution in [-0.4, -0.2) is 120 Å². The summed E-state index contributed by atoms with van der Waals surface area (Å²) in [6.45, 7) is 8.34. The lowest BCUT2D eigenvalue weighted by Gasteiger charge is -2.29. The smallest absolute Gasteiger partial charge is 0.475 e. The number of aromatic amines is 1. The van der Waals surface area contributed by atoms with Gasteiger partial charge >= 0.3 is 24.3 Å². The average Bonchev–Trinajstić information content (AvgIpc) is 3.96. The minimum absolute atomic E-state index is 0.194. The maximum absolute atomic E-state index is 13.8. The number of H-pyrrole nitrogens is 1. The number of aryl methyl sites for hydroxylation is 1. The molecule has 22 heteroatoms. The van der Waals surface area contributed by atoms with E-state index in [1.54, 1.807) is 30.3 Å². The highest BCUT2D eigenvalue weighted by Crippen LogP contribution is 2.29. The third-order valence-electron chi connectivity index (χ3n) is 10.6. The summed E-state index contributed by atoms with van der Waals surface area (Å²) in [5, 5.41) is 42.0. The van der Waals surface area contributed by atoms with Crippen molar-refractivity contribution in [3.63, 3.8) is 0 Å². The number of halogens is 3. The Morgan fingerprint density at radius 2 is 1.54 bits per heavy atom. The molecule has 3 heterocycles. The molecule has 1 aliphatic carbocycles. The first-order valence-corrected chi connectivity index (χ1v) is 20.7. The second-order valence-corrected chi connectivity index (χ2v) is 16.7. The number of carboxylic acid groups (broad SMARTS) is 2. The molecular weight excluding hydrogens is 858 g/mol. The van der Waals surface area contributed by atoms with E-state index in [4.69, 9.17) is 14.6 Å². The van der Waals surface area contributed by atoms with Crippen LogP contribution < -0.4 is 21.3 Å². The Hall–Kier alpha value is -7.13. The van der Waals surface area contributed by atoms with E-state index < -0.39 is 36.0 Å². The number of alkyl halides is 3. The summed E-state index contributed by atoms with van der Waals surface area (Å²) in [5.41, 5.74) is 4.06. The van der Waals surface area contributed by atoms with Crippen molar-refractivity contribution in [3.05, 3.63) is 77.6 Å². The third kappa shape index (κ3) is 14.7. The molecule has 2 aromatic carbocycles. The summed E-state index contributed by atoms with van der Waals surface area (Å²) in [6.07, 6.45) is -3.01. The largest absolute Gasteiger partial charge is 0.490 e. The van der Waals surface area contributed by atoms with Gasteiger partial charge < -0.3 is 41.1 Å². The van der Waals surface area contributed by atoms with E-state index in [-0.39, 0.29) is 54.3 Å². The minimum atomic E-state index is -5.08. The number of carbonyl (C=O) groups is 6. The molecule has 2 aliphatic rings. The molecule has 2 fully saturated rings. The number of alkyl carbamates (subject to hydrolysis) is 1. The molecular formula is C43H51F3N10O9. The molecule has 65 heavy (non-hydrogen) atoms. The molecule has 6 rings (SSSR count). The maximum Gasteiger partial charge on any atom is 0.490 e. The van der Waals surface area contributed by atoms with Gasteiger partial charge in [-0.15, -0.1) is 10.2 Å². The van der Waals surface area contributed by atoms with Crippen LogP contribution in [0.25, 0.3) is 22.5 Å². The first kappa shape index (κ1) is 48.9. The summed E-state index contributed by atoms with van der Waals surface area (Å²) >= 11 is 0. The monoisotopic (exact) mass is 908 g/mol. The van der Waals surface area contributed by atoms with Gasteiger partial charge in [0.1, 0.15) is 17.3 Å². The van der Waals surface area contributed by atoms with Crippen molar-refractivity contribution in [2.75, 3.05) is 25.0 Å². The Balaban J connectivity index is 0.00000105. The van der Waals surface area contributed by atoms with Gasteiger partial charge in [0, 0.05) is 60.5 Å². The van der Waals surface area contributed by atoms with E-state index in [1.165, 1.54) is 4.90 Å². The van der Waals surface area contributed by atoms with Gasteiger partial charge in [0.25, 0.3) is 5.91 Å². The normalized spacial score (nSPS) is 17.7. The van der Waals surface area contributed by atoms with E-state index >= 15 is 0 Å². The van der Waals surface area contributed by atoms with Gasteiger partial charge in [-0.25, -0.2) is 19.4 Å². The van der Waals surface area contributed by atoms with Gasteiger partial charge in [-0.3, -0.25) is 14.4 Å². The number of benzene rings is 2. The molecule has 0 bridgehead atoms. The van der Waals surface area contributed by atoms with Crippen LogP contribution in [0.4, 0.5) is 28.4 Å². The van der Waals surface area contributed by atoms with Crippen LogP contribution in [0.3, 0.4) is 0 Å². The van der Waals surface area contributed by atoms with E-state index in [2.05, 4.69) is 46.9 Å². The van der Waals surface area contributed by atoms with Crippen molar-refractivity contribution < 1.29 is 56.9 Å². The van der Waals surface area contributed by atoms with Crippen molar-refractivity contribution >= 4 is 41.6 Å². The summed E-state index contributed by atoms with van der Waals surface area (Å²) in [6, 6.07) is 16.9. The van der Waals surface area contributed by atoms with Crippen LogP contribution in [0.5, 0.6) is 0 Å². The van der Waals surface area contributed by atoms with Crippen molar-refractivity contribution in [3.8, 4) is 22.5 Å². The molecule has 2 aromatic heterocycles. The van der Waals surface area contributed by atoms with Crippen LogP contribution in [0.15, 0.2) is 60.7 Å². The zero-order chi connectivity index (χ0) is 47.5. The first-order valence-electron chi connectivity index (χ1n) is 20.7. The molecule has 348 valence electrons. The van der Waals surface area contributed by atoms with Gasteiger partial charge in [-0.05, 0) is 112 Å². The number of hydrogen-bond donors (Lipinski definition) is 7. The van der Waals surface area contributed by atoms with Gasteiger partial charge in [0.2, 0.25) is 17.6 Å². The number of nitrogens with one attached hydrogen (secondary N) is 5. The van der Waals surface area contributed by atoms with Crippen molar-refractivity contribution in [2.45, 2.75) is 90.1 Å². The number of rotatable bonds is 12. The van der Waals surface area contributed by atoms with Crippen LogP contribution in [-0.2, 0) is 25.5 Å². The SMILES string of the molecule is Cc1nc(C(=O)N[C@H]2CCN(C(=O)O)C2)ccc1-c1ccc(C[C@H](NC(=O)C2CCC(CNC(=O)OC(C)(C)C)CC2)C(=O)Nc2ccc(-c3nn[nH]n3)cc2)cc1.O=C(O)C(F)(F)F. The quantitative estimate of drug-likeness (QED) is 0.0946. The highest BCUT2D eigenvalue weighted by molar-refractivity contribution is 5.98. The second kappa shape index (κ2) is 21.5. The molecule has 4 aromatic rings. The van der Waals surface area contributed by atoms with E-state index in [0.29, 0.717) is 49.6 Å². The lowest BCUT2D eigenvalue weighted by atomic mass is 9.81. The second-order valence-electron chi connectivity index (χ2n) is 16.7. The Bertz CT molecular complexity index is 2300. The third-order valence-corrected chi connectivity index (χ3v) is 10.6. The Kier molecular flexibility index (Phi) is 16.2. The molecule has 1 saturated carbocycles. The number of ether oxygens (including phenoxy) is 1. The maximum atomic E-state index is 13.8. The number of tetrazole rings is 1. The van der Waals surface area contributed by atoms with Crippen LogP contribution in [0.1, 0.15) is 74.6 Å². The van der Waals surface area contributed by atoms with Gasteiger partial charge in [0.15, 0.2) is 0 Å². The number of hydrogen-bond acceptors (Lipinski definition) is 11. The summed E-state index contributed by atoms with van der Waals surface area (Å²) in [7, 11) is 0. The molecule has 19 nitrogen and oxygen atoms in total. The number of likely N-dealkylation sites (tertiary alicyclic amines) is 1. The van der Waals surface area contributed by atoms with Crippen molar-refractivity contribution in [2.24, 2.45) is 11.8 Å². The number of pyridine rings is 1. The number of amides is 5. The van der Waals surface area contributed by atoms with Gasteiger partial charge in [-0.1, -0.05) is 30.3 Å². The van der Waals surface area contributed by atoms with Gasteiger partial charge in [0.05, 0.1) is 0 Å². The van der Waals surface area contributed by atoms with Crippen molar-refractivity contribution in [1.82, 2.24) is 46.5 Å². The highest BCUT2D eigenvalue weighted by atomic mass is 19.4. The molecule has 0 unspecified atom stereocenters. The Labute approximate surface area is 371 Å². The molecule has 1 aliphatic heterocycles. The molecule has 0 spiro atoms. The number of carbonyl (C=O) groups excluding carboxylic acids is 4. The van der Waals surface area contributed by atoms with Gasteiger partial charge in [-0.2, -0.15) is 18.4 Å². The number of aliphatic carboxylic acids is 1. The topological polar surface area (TPSA) is 271 Å². The number of aromatic nitrogens is 5. The lowest BCUT2D eigenvalue weighted by molar-refractivity contribution is -0.192. The molecule has 7 N–H and O–H groups in total. The fourth-order valence-corrected chi connectivity index (χ4v) is 7.25. The highest BCUT2D eigenvalue weighted by Gasteiger charge is 2.38. The van der Waals surface area contributed by atoms with Crippen molar-refractivity contribution in [1.29, 1.82) is 0 Å². The average molecular weight is 909 g/mol.